The summed E-state index contributed by atoms with van der Waals surface area (Å²) in [6.45, 7) is 3.30. The van der Waals surface area contributed by atoms with Gasteiger partial charge < -0.3 is 10.6 Å². The van der Waals surface area contributed by atoms with Gasteiger partial charge in [-0.1, -0.05) is 0 Å². The van der Waals surface area contributed by atoms with Crippen molar-refractivity contribution in [3.63, 3.8) is 0 Å². The SMILES string of the molecule is C#CCCN1CCC(N)CC1.Cl.Cl. The van der Waals surface area contributed by atoms with Gasteiger partial charge in [-0.3, -0.25) is 0 Å². The van der Waals surface area contributed by atoms with Gasteiger partial charge in [0.25, 0.3) is 0 Å². The molecule has 13 heavy (non-hydrogen) atoms. The molecule has 1 aliphatic heterocycles. The van der Waals surface area contributed by atoms with Gasteiger partial charge in [-0.25, -0.2) is 0 Å². The zero-order valence-electron chi connectivity index (χ0n) is 7.74. The van der Waals surface area contributed by atoms with E-state index in [1.54, 1.807) is 0 Å². The molecule has 0 aromatic heterocycles. The van der Waals surface area contributed by atoms with Crippen LogP contribution in [0.4, 0.5) is 0 Å². The molecule has 4 heteroatoms. The molecule has 0 saturated carbocycles. The van der Waals surface area contributed by atoms with Gasteiger partial charge in [-0.05, 0) is 25.9 Å². The van der Waals surface area contributed by atoms with E-state index < -0.39 is 0 Å². The topological polar surface area (TPSA) is 29.3 Å². The summed E-state index contributed by atoms with van der Waals surface area (Å²) in [5, 5.41) is 0. The molecule has 1 aliphatic rings. The van der Waals surface area contributed by atoms with E-state index in [1.807, 2.05) is 0 Å². The van der Waals surface area contributed by atoms with Crippen molar-refractivity contribution in [2.75, 3.05) is 19.6 Å². The van der Waals surface area contributed by atoms with Crippen molar-refractivity contribution in [3.8, 4) is 12.3 Å². The van der Waals surface area contributed by atoms with E-state index in [-0.39, 0.29) is 24.8 Å². The van der Waals surface area contributed by atoms with Gasteiger partial charge in [0.2, 0.25) is 0 Å². The van der Waals surface area contributed by atoms with Crippen LogP contribution in [0.25, 0.3) is 0 Å². The molecule has 0 aliphatic carbocycles. The summed E-state index contributed by atoms with van der Waals surface area (Å²) < 4.78 is 0. The van der Waals surface area contributed by atoms with E-state index in [0.717, 1.165) is 38.9 Å². The highest BCUT2D eigenvalue weighted by atomic mass is 35.5. The molecule has 2 nitrogen and oxygen atoms in total. The Balaban J connectivity index is 0. The van der Waals surface area contributed by atoms with Crippen LogP contribution in [0.2, 0.25) is 0 Å². The summed E-state index contributed by atoms with van der Waals surface area (Å²) in [5.74, 6) is 2.65. The lowest BCUT2D eigenvalue weighted by Crippen LogP contribution is -2.39. The molecule has 2 N–H and O–H groups in total. The third kappa shape index (κ3) is 6.17. The lowest BCUT2D eigenvalue weighted by molar-refractivity contribution is 0.218. The van der Waals surface area contributed by atoms with Crippen LogP contribution in [-0.2, 0) is 0 Å². The number of terminal acetylenes is 1. The monoisotopic (exact) mass is 224 g/mol. The Morgan fingerprint density at radius 1 is 1.31 bits per heavy atom. The minimum atomic E-state index is 0. The van der Waals surface area contributed by atoms with Gasteiger partial charge >= 0.3 is 0 Å². The molecule has 0 bridgehead atoms. The predicted molar refractivity (Wildman–Crippen MR) is 61.6 cm³/mol. The number of nitrogens with zero attached hydrogens (tertiary/aromatic N) is 1. The lowest BCUT2D eigenvalue weighted by atomic mass is 10.1. The summed E-state index contributed by atoms with van der Waals surface area (Å²) in [6, 6.07) is 0.428. The van der Waals surface area contributed by atoms with Crippen molar-refractivity contribution in [1.29, 1.82) is 0 Å². The molecule has 1 heterocycles. The number of hydrogen-bond acceptors (Lipinski definition) is 2. The standard InChI is InChI=1S/C9H16N2.2ClH/c1-2-3-6-11-7-4-9(10)5-8-11;;/h1,9H,3-8,10H2;2*1H. The summed E-state index contributed by atoms with van der Waals surface area (Å²) in [7, 11) is 0. The van der Waals surface area contributed by atoms with Gasteiger partial charge in [0, 0.05) is 19.0 Å². The second-order valence-corrected chi connectivity index (χ2v) is 3.13. The largest absolute Gasteiger partial charge is 0.328 e. The summed E-state index contributed by atoms with van der Waals surface area (Å²) in [5.41, 5.74) is 5.76. The smallest absolute Gasteiger partial charge is 0.0214 e. The highest BCUT2D eigenvalue weighted by Crippen LogP contribution is 2.07. The van der Waals surface area contributed by atoms with Crippen molar-refractivity contribution in [1.82, 2.24) is 4.90 Å². The number of piperidine rings is 1. The van der Waals surface area contributed by atoms with Crippen LogP contribution in [0, 0.1) is 12.3 Å². The maximum Gasteiger partial charge on any atom is 0.0214 e. The third-order valence-electron chi connectivity index (χ3n) is 2.20. The Kier molecular flexibility index (Phi) is 10.3. The molecule has 0 unspecified atom stereocenters. The average Bonchev–Trinajstić information content (AvgIpc) is 2.04. The van der Waals surface area contributed by atoms with Crippen molar-refractivity contribution >= 4 is 24.8 Å². The summed E-state index contributed by atoms with van der Waals surface area (Å²) in [4.78, 5) is 2.39. The van der Waals surface area contributed by atoms with E-state index in [4.69, 9.17) is 12.2 Å². The molecule has 0 spiro atoms. The molecule has 1 rings (SSSR count). The molecule has 0 atom stereocenters. The number of hydrogen-bond donors (Lipinski definition) is 1. The molecule has 1 saturated heterocycles. The van der Waals surface area contributed by atoms with E-state index in [1.165, 1.54) is 0 Å². The number of likely N-dealkylation sites (tertiary alicyclic amines) is 1. The molecular weight excluding hydrogens is 207 g/mol. The maximum atomic E-state index is 5.76. The predicted octanol–water partition coefficient (Wildman–Crippen LogP) is 1.28. The van der Waals surface area contributed by atoms with Crippen LogP contribution in [0.15, 0.2) is 0 Å². The Morgan fingerprint density at radius 2 is 1.85 bits per heavy atom. The average molecular weight is 225 g/mol. The number of rotatable bonds is 2. The number of nitrogens with two attached hydrogens (primary N) is 1. The Bertz CT molecular complexity index is 148. The number of halogens is 2. The first-order chi connectivity index (χ1) is 5.33. The molecule has 1 fully saturated rings. The van der Waals surface area contributed by atoms with Crippen molar-refractivity contribution in [2.24, 2.45) is 5.73 Å². The van der Waals surface area contributed by atoms with E-state index in [2.05, 4.69) is 10.8 Å². The minimum Gasteiger partial charge on any atom is -0.328 e. The highest BCUT2D eigenvalue weighted by molar-refractivity contribution is 5.85. The zero-order chi connectivity index (χ0) is 8.10. The van der Waals surface area contributed by atoms with Gasteiger partial charge in [0.15, 0.2) is 0 Å². The van der Waals surface area contributed by atoms with Crippen molar-refractivity contribution in [3.05, 3.63) is 0 Å². The highest BCUT2D eigenvalue weighted by Gasteiger charge is 2.14. The Hall–Kier alpha value is 0.0600. The van der Waals surface area contributed by atoms with E-state index in [0.29, 0.717) is 6.04 Å². The van der Waals surface area contributed by atoms with Crippen LogP contribution >= 0.6 is 24.8 Å². The van der Waals surface area contributed by atoms with Crippen molar-refractivity contribution < 1.29 is 0 Å². The van der Waals surface area contributed by atoms with Crippen LogP contribution < -0.4 is 5.73 Å². The second-order valence-electron chi connectivity index (χ2n) is 3.13. The first kappa shape index (κ1) is 15.5. The molecule has 0 aromatic rings. The van der Waals surface area contributed by atoms with Crippen LogP contribution in [0.1, 0.15) is 19.3 Å². The first-order valence-corrected chi connectivity index (χ1v) is 4.24. The zero-order valence-corrected chi connectivity index (χ0v) is 9.37. The quantitative estimate of drug-likeness (QED) is 0.717. The van der Waals surface area contributed by atoms with Gasteiger partial charge in [-0.15, -0.1) is 37.2 Å². The fourth-order valence-electron chi connectivity index (χ4n) is 1.40. The molecule has 78 valence electrons. The fraction of sp³-hybridized carbons (Fsp3) is 0.778. The van der Waals surface area contributed by atoms with Crippen LogP contribution in [0.3, 0.4) is 0 Å². The van der Waals surface area contributed by atoms with E-state index >= 15 is 0 Å². The lowest BCUT2D eigenvalue weighted by Gasteiger charge is -2.29. The Labute approximate surface area is 93.1 Å². The fourth-order valence-corrected chi connectivity index (χ4v) is 1.40. The third-order valence-corrected chi connectivity index (χ3v) is 2.20. The van der Waals surface area contributed by atoms with E-state index in [9.17, 15) is 0 Å². The molecule has 0 radical (unpaired) electrons. The van der Waals surface area contributed by atoms with Gasteiger partial charge in [0.1, 0.15) is 0 Å². The van der Waals surface area contributed by atoms with Gasteiger partial charge in [-0.2, -0.15) is 0 Å². The molecule has 0 aromatic carbocycles. The molecular formula is C9H18Cl2N2. The van der Waals surface area contributed by atoms with Crippen molar-refractivity contribution in [2.45, 2.75) is 25.3 Å². The summed E-state index contributed by atoms with van der Waals surface area (Å²) in [6.07, 6.45) is 8.30. The van der Waals surface area contributed by atoms with Crippen LogP contribution in [0.5, 0.6) is 0 Å². The molecule has 0 amide bonds. The minimum absolute atomic E-state index is 0. The van der Waals surface area contributed by atoms with Gasteiger partial charge in [0.05, 0.1) is 0 Å². The normalized spacial score (nSPS) is 18.2. The second kappa shape index (κ2) is 8.65. The summed E-state index contributed by atoms with van der Waals surface area (Å²) >= 11 is 0. The first-order valence-electron chi connectivity index (χ1n) is 4.24. The Morgan fingerprint density at radius 3 is 2.31 bits per heavy atom. The maximum absolute atomic E-state index is 5.76. The van der Waals surface area contributed by atoms with Crippen LogP contribution in [-0.4, -0.2) is 30.6 Å².